The van der Waals surface area contributed by atoms with Crippen LogP contribution in [0, 0.1) is 11.3 Å². The molecule has 1 unspecified atom stereocenters. The predicted octanol–water partition coefficient (Wildman–Crippen LogP) is 2.22. The van der Waals surface area contributed by atoms with Crippen molar-refractivity contribution in [2.75, 3.05) is 31.6 Å². The van der Waals surface area contributed by atoms with Crippen LogP contribution in [0.25, 0.3) is 0 Å². The number of nitrogens with zero attached hydrogens (tertiary/aromatic N) is 5. The van der Waals surface area contributed by atoms with Crippen LogP contribution in [0.4, 0.5) is 19.3 Å². The fourth-order valence-electron chi connectivity index (χ4n) is 4.56. The van der Waals surface area contributed by atoms with Gasteiger partial charge in [-0.05, 0) is 24.1 Å². The molecule has 2 aliphatic rings. The first-order chi connectivity index (χ1) is 16.6. The Morgan fingerprint density at radius 3 is 2.51 bits per heavy atom. The summed E-state index contributed by atoms with van der Waals surface area (Å²) < 4.78 is 27.2. The lowest BCUT2D eigenvalue weighted by Gasteiger charge is -2.47. The van der Waals surface area contributed by atoms with Crippen LogP contribution in [0.5, 0.6) is 0 Å². The van der Waals surface area contributed by atoms with E-state index in [1.165, 1.54) is 58.3 Å². The van der Waals surface area contributed by atoms with Gasteiger partial charge in [0.2, 0.25) is 5.91 Å². The van der Waals surface area contributed by atoms with Gasteiger partial charge in [-0.3, -0.25) is 14.5 Å². The molecule has 0 saturated carbocycles. The molecule has 4 amide bonds. The molecule has 1 N–H and O–H groups in total. The minimum atomic E-state index is -2.99. The number of nitriles is 1. The molecular weight excluding hydrogens is 458 g/mol. The minimum absolute atomic E-state index is 0.0113. The highest BCUT2D eigenvalue weighted by Gasteiger charge is 2.57. The largest absolute Gasteiger partial charge is 0.341 e. The smallest absolute Gasteiger partial charge is 0.317 e. The second-order valence-electron chi connectivity index (χ2n) is 8.73. The van der Waals surface area contributed by atoms with Crippen LogP contribution in [0.2, 0.25) is 0 Å². The molecule has 182 valence electrons. The number of hydrogen-bond donors (Lipinski definition) is 1. The van der Waals surface area contributed by atoms with E-state index in [2.05, 4.69) is 10.3 Å². The third kappa shape index (κ3) is 4.39. The molecule has 2 aliphatic heterocycles. The Kier molecular flexibility index (Phi) is 6.15. The van der Waals surface area contributed by atoms with Crippen LogP contribution in [-0.2, 0) is 22.1 Å². The van der Waals surface area contributed by atoms with E-state index >= 15 is 0 Å². The van der Waals surface area contributed by atoms with E-state index in [9.17, 15) is 23.2 Å². The Morgan fingerprint density at radius 2 is 1.94 bits per heavy atom. The molecular formula is C24H24F2N6O3. The maximum Gasteiger partial charge on any atom is 0.317 e. The average molecular weight is 482 g/mol. The Labute approximate surface area is 200 Å². The van der Waals surface area contributed by atoms with Gasteiger partial charge in [-0.25, -0.2) is 18.6 Å². The molecule has 0 radical (unpaired) electrons. The van der Waals surface area contributed by atoms with Gasteiger partial charge in [-0.2, -0.15) is 5.26 Å². The van der Waals surface area contributed by atoms with Crippen molar-refractivity contribution in [3.8, 4) is 6.07 Å². The summed E-state index contributed by atoms with van der Waals surface area (Å²) >= 11 is 0. The van der Waals surface area contributed by atoms with Crippen molar-refractivity contribution in [3.63, 3.8) is 0 Å². The number of pyridine rings is 1. The molecule has 9 nitrogen and oxygen atoms in total. The summed E-state index contributed by atoms with van der Waals surface area (Å²) in [5.74, 6) is -3.71. The number of anilines is 1. The van der Waals surface area contributed by atoms with E-state index in [4.69, 9.17) is 5.26 Å². The van der Waals surface area contributed by atoms with Crippen molar-refractivity contribution in [2.45, 2.75) is 31.4 Å². The van der Waals surface area contributed by atoms with Crippen molar-refractivity contribution < 1.29 is 23.2 Å². The summed E-state index contributed by atoms with van der Waals surface area (Å²) in [7, 11) is 1.48. The summed E-state index contributed by atoms with van der Waals surface area (Å²) in [5.41, 5.74) is -0.347. The highest BCUT2D eigenvalue weighted by Crippen LogP contribution is 2.37. The van der Waals surface area contributed by atoms with E-state index in [1.807, 2.05) is 6.07 Å². The maximum absolute atomic E-state index is 13.9. The van der Waals surface area contributed by atoms with Crippen molar-refractivity contribution in [1.82, 2.24) is 20.1 Å². The number of hydrogen-bond acceptors (Lipinski definition) is 5. The molecule has 1 aromatic carbocycles. The number of amides is 4. The first-order valence-corrected chi connectivity index (χ1v) is 11.0. The van der Waals surface area contributed by atoms with Gasteiger partial charge < -0.3 is 15.1 Å². The topological polar surface area (TPSA) is 110 Å². The Balaban J connectivity index is 1.69. The van der Waals surface area contributed by atoms with Gasteiger partial charge in [0, 0.05) is 32.6 Å². The monoisotopic (exact) mass is 482 g/mol. The molecule has 0 bridgehead atoms. The summed E-state index contributed by atoms with van der Waals surface area (Å²) in [6, 6.07) is 10.2. The van der Waals surface area contributed by atoms with Crippen LogP contribution >= 0.6 is 0 Å². The van der Waals surface area contributed by atoms with Crippen LogP contribution in [0.1, 0.15) is 30.2 Å². The predicted molar refractivity (Wildman–Crippen MR) is 121 cm³/mol. The van der Waals surface area contributed by atoms with E-state index in [0.717, 1.165) is 6.92 Å². The zero-order valence-corrected chi connectivity index (χ0v) is 19.3. The lowest BCUT2D eigenvalue weighted by atomic mass is 9.90. The molecule has 11 heteroatoms. The van der Waals surface area contributed by atoms with E-state index in [-0.39, 0.29) is 61.7 Å². The van der Waals surface area contributed by atoms with Gasteiger partial charge in [0.1, 0.15) is 23.8 Å². The summed E-state index contributed by atoms with van der Waals surface area (Å²) in [5, 5.41) is 11.5. The Hall–Kier alpha value is -4.07. The normalized spacial score (nSPS) is 20.4. The first kappa shape index (κ1) is 24.1. The number of aromatic nitrogens is 1. The Morgan fingerprint density at radius 1 is 1.23 bits per heavy atom. The number of halogens is 2. The van der Waals surface area contributed by atoms with Crippen molar-refractivity contribution >= 4 is 23.5 Å². The summed E-state index contributed by atoms with van der Waals surface area (Å²) in [4.78, 5) is 47.8. The van der Waals surface area contributed by atoms with Crippen molar-refractivity contribution in [1.29, 1.82) is 5.26 Å². The summed E-state index contributed by atoms with van der Waals surface area (Å²) in [6.07, 6.45) is 1.58. The van der Waals surface area contributed by atoms with Gasteiger partial charge in [-0.1, -0.05) is 24.3 Å². The lowest BCUT2D eigenvalue weighted by Crippen LogP contribution is -2.69. The van der Waals surface area contributed by atoms with E-state index in [0.29, 0.717) is 11.3 Å². The number of benzene rings is 1. The molecule has 2 saturated heterocycles. The van der Waals surface area contributed by atoms with E-state index < -0.39 is 11.5 Å². The van der Waals surface area contributed by atoms with Crippen LogP contribution in [0.3, 0.4) is 0 Å². The SMILES string of the molecule is CNC(=O)N1CCC2(C1)C(=O)N(c1ccc(C#N)nc1)CC(=O)N2Cc1ccc(C(C)(F)F)cc1. The first-order valence-electron chi connectivity index (χ1n) is 11.0. The van der Waals surface area contributed by atoms with Gasteiger partial charge in [0.05, 0.1) is 18.4 Å². The molecule has 0 aliphatic carbocycles. The fourth-order valence-corrected chi connectivity index (χ4v) is 4.56. The molecule has 1 aromatic heterocycles. The standard InChI is InChI=1S/C24H24F2N6O3/c1-23(25,26)17-5-3-16(4-6-17)13-32-20(33)14-31(19-8-7-18(11-27)29-12-19)21(34)24(32)9-10-30(15-24)22(35)28-2/h3-8,12H,9-10,13-15H2,1-2H3,(H,28,35). The average Bonchev–Trinajstić information content (AvgIpc) is 3.30. The van der Waals surface area contributed by atoms with Gasteiger partial charge in [0.15, 0.2) is 0 Å². The van der Waals surface area contributed by atoms with Crippen LogP contribution in [0.15, 0.2) is 42.6 Å². The van der Waals surface area contributed by atoms with Gasteiger partial charge in [0.25, 0.3) is 11.8 Å². The number of nitrogens with one attached hydrogen (secondary N) is 1. The van der Waals surface area contributed by atoms with Gasteiger partial charge >= 0.3 is 6.03 Å². The second-order valence-corrected chi connectivity index (χ2v) is 8.73. The quantitative estimate of drug-likeness (QED) is 0.719. The molecule has 2 fully saturated rings. The number of carbonyl (C=O) groups excluding carboxylic acids is 3. The fraction of sp³-hybridized carbons (Fsp3) is 0.375. The molecule has 1 atom stereocenters. The highest BCUT2D eigenvalue weighted by atomic mass is 19.3. The zero-order valence-electron chi connectivity index (χ0n) is 19.3. The minimum Gasteiger partial charge on any atom is -0.341 e. The number of piperazine rings is 1. The summed E-state index contributed by atoms with van der Waals surface area (Å²) in [6.45, 7) is 0.834. The number of urea groups is 1. The number of likely N-dealkylation sites (tertiary alicyclic amines) is 1. The van der Waals surface area contributed by atoms with E-state index in [1.54, 1.807) is 6.07 Å². The second kappa shape index (κ2) is 8.94. The molecule has 2 aromatic rings. The number of alkyl halides is 2. The third-order valence-corrected chi connectivity index (χ3v) is 6.48. The van der Waals surface area contributed by atoms with Crippen LogP contribution < -0.4 is 10.2 Å². The van der Waals surface area contributed by atoms with Gasteiger partial charge in [-0.15, -0.1) is 0 Å². The molecule has 35 heavy (non-hydrogen) atoms. The highest BCUT2D eigenvalue weighted by molar-refractivity contribution is 6.09. The van der Waals surface area contributed by atoms with Crippen molar-refractivity contribution in [3.05, 3.63) is 59.4 Å². The lowest BCUT2D eigenvalue weighted by molar-refractivity contribution is -0.151. The molecule has 1 spiro atoms. The number of rotatable bonds is 4. The maximum atomic E-state index is 13.9. The van der Waals surface area contributed by atoms with Crippen LogP contribution in [-0.4, -0.2) is 64.9 Å². The third-order valence-electron chi connectivity index (χ3n) is 6.48. The van der Waals surface area contributed by atoms with Crippen molar-refractivity contribution in [2.24, 2.45) is 0 Å². The molecule has 3 heterocycles. The molecule has 4 rings (SSSR count). The Bertz CT molecular complexity index is 1190. The zero-order chi connectivity index (χ0) is 25.4. The number of carbonyl (C=O) groups is 3.